The molecule has 0 bridgehead atoms. The van der Waals surface area contributed by atoms with Gasteiger partial charge in [0, 0.05) is 67.4 Å². The van der Waals surface area contributed by atoms with Gasteiger partial charge < -0.3 is 29.9 Å². The van der Waals surface area contributed by atoms with E-state index in [-0.39, 0.29) is 24.5 Å². The number of anilines is 3. The van der Waals surface area contributed by atoms with Crippen LogP contribution in [-0.4, -0.2) is 58.0 Å². The molecule has 1 amide bonds. The topological polar surface area (TPSA) is 105 Å². The predicted molar refractivity (Wildman–Crippen MR) is 143 cm³/mol. The van der Waals surface area contributed by atoms with Crippen molar-refractivity contribution in [2.24, 2.45) is 13.0 Å². The number of rotatable bonds is 6. The summed E-state index contributed by atoms with van der Waals surface area (Å²) in [5.74, 6) is 0.601. The van der Waals surface area contributed by atoms with Crippen LogP contribution in [0.2, 0.25) is 0 Å². The summed E-state index contributed by atoms with van der Waals surface area (Å²) in [6, 6.07) is 12.2. The molecule has 2 aliphatic heterocycles. The number of hydrogen-bond donors (Lipinski definition) is 3. The zero-order valence-corrected chi connectivity index (χ0v) is 20.9. The molecule has 9 heteroatoms. The second-order valence-electron chi connectivity index (χ2n) is 9.76. The Kier molecular flexibility index (Phi) is 6.02. The quantitative estimate of drug-likeness (QED) is 0.374. The Morgan fingerprint density at radius 1 is 1.22 bits per heavy atom. The van der Waals surface area contributed by atoms with E-state index in [1.165, 1.54) is 0 Å². The van der Waals surface area contributed by atoms with E-state index in [2.05, 4.69) is 43.3 Å². The van der Waals surface area contributed by atoms with Gasteiger partial charge in [0.15, 0.2) is 0 Å². The van der Waals surface area contributed by atoms with E-state index in [1.807, 2.05) is 44.6 Å². The number of amides is 1. The van der Waals surface area contributed by atoms with E-state index in [1.54, 1.807) is 6.20 Å². The van der Waals surface area contributed by atoms with Crippen molar-refractivity contribution in [3.8, 4) is 11.3 Å². The van der Waals surface area contributed by atoms with Gasteiger partial charge in [-0.05, 0) is 24.3 Å². The van der Waals surface area contributed by atoms with Gasteiger partial charge >= 0.3 is 0 Å². The van der Waals surface area contributed by atoms with Crippen LogP contribution < -0.4 is 15.5 Å². The molecule has 1 unspecified atom stereocenters. The highest BCUT2D eigenvalue weighted by molar-refractivity contribution is 6.07. The molecule has 0 saturated carbocycles. The maximum absolute atomic E-state index is 12.9. The van der Waals surface area contributed by atoms with Crippen LogP contribution in [0.5, 0.6) is 0 Å². The van der Waals surface area contributed by atoms with Gasteiger partial charge in [-0.1, -0.05) is 19.1 Å². The van der Waals surface area contributed by atoms with Crippen molar-refractivity contribution in [2.75, 3.05) is 36.5 Å². The molecule has 3 N–H and O–H groups in total. The number of benzene rings is 1. The smallest absolute Gasteiger partial charge is 0.254 e. The molecule has 37 heavy (non-hydrogen) atoms. The van der Waals surface area contributed by atoms with Crippen LogP contribution in [0, 0.1) is 5.92 Å². The first kappa shape index (κ1) is 23.4. The van der Waals surface area contributed by atoms with E-state index < -0.39 is 0 Å². The predicted octanol–water partition coefficient (Wildman–Crippen LogP) is 3.46. The molecular weight excluding hydrogens is 468 g/mol. The number of hydrogen-bond acceptors (Lipinski definition) is 7. The van der Waals surface area contributed by atoms with Crippen molar-refractivity contribution < 1.29 is 14.6 Å². The average molecular weight is 499 g/mol. The van der Waals surface area contributed by atoms with Gasteiger partial charge in [0.25, 0.3) is 5.91 Å². The lowest BCUT2D eigenvalue weighted by Crippen LogP contribution is -2.46. The number of fused-ring (bicyclic) bond motifs is 2. The monoisotopic (exact) mass is 498 g/mol. The second kappa shape index (κ2) is 9.49. The summed E-state index contributed by atoms with van der Waals surface area (Å²) in [7, 11) is 2.02. The van der Waals surface area contributed by atoms with Crippen LogP contribution in [0.4, 0.5) is 17.2 Å². The lowest BCUT2D eigenvalue weighted by Gasteiger charge is -2.36. The molecule has 1 saturated heterocycles. The third kappa shape index (κ3) is 4.20. The SMILES string of the molecule is CC(CO)[C@H]1CN(c2ccc(Nc3cnc(-c4cccc5c4ccn5C)c4c3C(=O)NC4)nc2)CCO1. The highest BCUT2D eigenvalue weighted by Crippen LogP contribution is 2.36. The molecule has 1 fully saturated rings. The molecule has 0 radical (unpaired) electrons. The summed E-state index contributed by atoms with van der Waals surface area (Å²) in [5.41, 5.74) is 6.08. The Morgan fingerprint density at radius 3 is 2.92 bits per heavy atom. The van der Waals surface area contributed by atoms with Crippen LogP contribution in [0.25, 0.3) is 22.2 Å². The highest BCUT2D eigenvalue weighted by atomic mass is 16.5. The Balaban J connectivity index is 1.27. The molecule has 6 rings (SSSR count). The van der Waals surface area contributed by atoms with Gasteiger partial charge in [-0.25, -0.2) is 4.98 Å². The third-order valence-electron chi connectivity index (χ3n) is 7.41. The molecule has 9 nitrogen and oxygen atoms in total. The van der Waals surface area contributed by atoms with Crippen LogP contribution in [0.3, 0.4) is 0 Å². The number of aryl methyl sites for hydroxylation is 1. The fraction of sp³-hybridized carbons (Fsp3) is 0.321. The maximum atomic E-state index is 12.9. The standard InChI is InChI=1S/C28H30N6O3/c1-17(16-35)24-15-34(10-11-37-24)18-6-7-25(29-12-18)32-22-14-30-27(21-13-31-28(36)26(21)22)20-4-3-5-23-19(20)8-9-33(23)2/h3-9,12,14,17,24,35H,10-11,13,15-16H2,1-2H3,(H,29,32)(H,31,36)/t17?,24-/m1/s1. The molecule has 3 aromatic heterocycles. The Labute approximate surface area is 215 Å². The van der Waals surface area contributed by atoms with Gasteiger partial charge in [-0.2, -0.15) is 0 Å². The van der Waals surface area contributed by atoms with Crippen LogP contribution in [0.15, 0.2) is 55.0 Å². The molecule has 2 aliphatic rings. The summed E-state index contributed by atoms with van der Waals surface area (Å²) in [5, 5.41) is 16.9. The molecule has 0 spiro atoms. The molecule has 5 heterocycles. The van der Waals surface area contributed by atoms with E-state index in [0.717, 1.165) is 40.0 Å². The van der Waals surface area contributed by atoms with Crippen molar-refractivity contribution in [1.82, 2.24) is 19.9 Å². The molecule has 190 valence electrons. The lowest BCUT2D eigenvalue weighted by molar-refractivity contribution is -0.00930. The highest BCUT2D eigenvalue weighted by Gasteiger charge is 2.28. The van der Waals surface area contributed by atoms with Gasteiger partial charge in [0.05, 0.1) is 47.7 Å². The van der Waals surface area contributed by atoms with E-state index in [4.69, 9.17) is 9.72 Å². The number of carbonyl (C=O) groups is 1. The van der Waals surface area contributed by atoms with Crippen molar-refractivity contribution in [3.05, 3.63) is 66.1 Å². The van der Waals surface area contributed by atoms with Crippen molar-refractivity contribution in [2.45, 2.75) is 19.6 Å². The third-order valence-corrected chi connectivity index (χ3v) is 7.41. The summed E-state index contributed by atoms with van der Waals surface area (Å²) in [6.07, 6.45) is 5.57. The van der Waals surface area contributed by atoms with Gasteiger partial charge in [0.1, 0.15) is 5.82 Å². The average Bonchev–Trinajstić information content (AvgIpc) is 3.52. The summed E-state index contributed by atoms with van der Waals surface area (Å²) < 4.78 is 7.91. The lowest BCUT2D eigenvalue weighted by atomic mass is 9.99. The largest absolute Gasteiger partial charge is 0.396 e. The first-order valence-electron chi connectivity index (χ1n) is 12.6. The summed E-state index contributed by atoms with van der Waals surface area (Å²) in [4.78, 5) is 24.5. The number of morpholine rings is 1. The second-order valence-corrected chi connectivity index (χ2v) is 9.76. The minimum atomic E-state index is -0.115. The normalized spacial score (nSPS) is 18.1. The Hall–Kier alpha value is -3.95. The molecule has 2 atom stereocenters. The van der Waals surface area contributed by atoms with E-state index in [9.17, 15) is 9.90 Å². The van der Waals surface area contributed by atoms with Crippen LogP contribution in [0.1, 0.15) is 22.8 Å². The molecular formula is C28H30N6O3. The van der Waals surface area contributed by atoms with Gasteiger partial charge in [-0.15, -0.1) is 0 Å². The molecule has 0 aliphatic carbocycles. The molecule has 1 aromatic carbocycles. The molecule has 4 aromatic rings. The number of nitrogens with zero attached hydrogens (tertiary/aromatic N) is 4. The zero-order valence-electron chi connectivity index (χ0n) is 20.9. The van der Waals surface area contributed by atoms with Crippen molar-refractivity contribution in [3.63, 3.8) is 0 Å². The van der Waals surface area contributed by atoms with E-state index in [0.29, 0.717) is 36.8 Å². The van der Waals surface area contributed by atoms with Crippen LogP contribution in [-0.2, 0) is 18.3 Å². The number of aliphatic hydroxyl groups is 1. The Bertz CT molecular complexity index is 1470. The maximum Gasteiger partial charge on any atom is 0.254 e. The number of nitrogens with one attached hydrogen (secondary N) is 2. The summed E-state index contributed by atoms with van der Waals surface area (Å²) >= 11 is 0. The van der Waals surface area contributed by atoms with Crippen molar-refractivity contribution in [1.29, 1.82) is 0 Å². The number of aliphatic hydroxyl groups excluding tert-OH is 1. The first-order valence-corrected chi connectivity index (χ1v) is 12.6. The number of ether oxygens (including phenoxy) is 1. The summed E-state index contributed by atoms with van der Waals surface area (Å²) in [6.45, 7) is 4.63. The number of carbonyl (C=O) groups excluding carboxylic acids is 1. The van der Waals surface area contributed by atoms with Gasteiger partial charge in [-0.3, -0.25) is 9.78 Å². The van der Waals surface area contributed by atoms with Crippen molar-refractivity contribution >= 4 is 34.0 Å². The van der Waals surface area contributed by atoms with E-state index >= 15 is 0 Å². The van der Waals surface area contributed by atoms with Gasteiger partial charge in [0.2, 0.25) is 0 Å². The Morgan fingerprint density at radius 2 is 2.11 bits per heavy atom. The fourth-order valence-electron chi connectivity index (χ4n) is 5.23. The minimum Gasteiger partial charge on any atom is -0.396 e. The van der Waals surface area contributed by atoms with Crippen LogP contribution >= 0.6 is 0 Å². The zero-order chi connectivity index (χ0) is 25.5. The number of pyridine rings is 2. The minimum absolute atomic E-state index is 0.0102. The number of aromatic nitrogens is 3. The fourth-order valence-corrected chi connectivity index (χ4v) is 5.23. The first-order chi connectivity index (χ1) is 18.0.